The van der Waals surface area contributed by atoms with Crippen LogP contribution in [0.2, 0.25) is 0 Å². The van der Waals surface area contributed by atoms with Crippen molar-refractivity contribution in [2.45, 2.75) is 64.2 Å². The van der Waals surface area contributed by atoms with Gasteiger partial charge in [0.05, 0.1) is 0 Å². The van der Waals surface area contributed by atoms with Crippen molar-refractivity contribution in [3.63, 3.8) is 0 Å². The van der Waals surface area contributed by atoms with Gasteiger partial charge in [-0.05, 0) is 43.9 Å². The zero-order valence-electron chi connectivity index (χ0n) is 9.80. The average molecular weight is 203 g/mol. The fourth-order valence-corrected chi connectivity index (χ4v) is 2.67. The first-order valence-electron chi connectivity index (χ1n) is 6.70. The van der Waals surface area contributed by atoms with E-state index >= 15 is 0 Å². The first kappa shape index (κ1) is 11.5. The van der Waals surface area contributed by atoms with Crippen LogP contribution in [0.1, 0.15) is 64.2 Å². The van der Waals surface area contributed by atoms with E-state index in [-0.39, 0.29) is 0 Å². The van der Waals surface area contributed by atoms with Crippen molar-refractivity contribution in [1.29, 1.82) is 0 Å². The van der Waals surface area contributed by atoms with Crippen molar-refractivity contribution < 1.29 is 0 Å². The fraction of sp³-hybridized carbons (Fsp3) is 0.667. The summed E-state index contributed by atoms with van der Waals surface area (Å²) in [5, 5.41) is 0. The molecule has 0 aromatic rings. The zero-order chi connectivity index (χ0) is 10.3. The van der Waals surface area contributed by atoms with E-state index < -0.39 is 0 Å². The summed E-state index contributed by atoms with van der Waals surface area (Å²) in [6.45, 7) is 0. The smallest absolute Gasteiger partial charge is 0.0133 e. The molecule has 2 rings (SSSR count). The van der Waals surface area contributed by atoms with Crippen LogP contribution in [0.15, 0.2) is 0 Å². The fourth-order valence-electron chi connectivity index (χ4n) is 2.67. The molecule has 0 amide bonds. The van der Waals surface area contributed by atoms with Crippen molar-refractivity contribution in [3.05, 3.63) is 31.1 Å². The molecule has 0 unspecified atom stereocenters. The summed E-state index contributed by atoms with van der Waals surface area (Å²) in [7, 11) is 0. The molecular weight excluding hydrogens is 180 g/mol. The van der Waals surface area contributed by atoms with Crippen LogP contribution < -0.4 is 0 Å². The number of rotatable bonds is 0. The molecule has 0 heterocycles. The van der Waals surface area contributed by atoms with Gasteiger partial charge in [0.25, 0.3) is 0 Å². The molecule has 0 nitrogen and oxygen atoms in total. The minimum absolute atomic E-state index is 1.32. The van der Waals surface area contributed by atoms with Gasteiger partial charge in [0.15, 0.2) is 0 Å². The van der Waals surface area contributed by atoms with Crippen LogP contribution >= 0.6 is 0 Å². The second-order valence-corrected chi connectivity index (χ2v) is 4.90. The highest BCUT2D eigenvalue weighted by Crippen LogP contribution is 2.40. The van der Waals surface area contributed by atoms with E-state index in [2.05, 4.69) is 19.3 Å². The molecule has 0 saturated heterocycles. The second kappa shape index (κ2) is 6.55. The van der Waals surface area contributed by atoms with Gasteiger partial charge in [-0.2, -0.15) is 0 Å². The van der Waals surface area contributed by atoms with Crippen LogP contribution in [0.25, 0.3) is 0 Å². The minimum Gasteiger partial charge on any atom is -0.0533 e. The summed E-state index contributed by atoms with van der Waals surface area (Å²) in [6.07, 6.45) is 21.1. The monoisotopic (exact) mass is 203 g/mol. The standard InChI is InChI=1S/C15H23/c1-2-4-6-8-11-15-13-9-12-14(15)10-7-5-3-1/h9,12-13H,1-8,10-11H2. The SMILES string of the molecule is [CH]1[CH][C]2CCCCCCCCCC[C]2[CH]1. The van der Waals surface area contributed by atoms with Gasteiger partial charge in [0, 0.05) is 0 Å². The minimum atomic E-state index is 1.32. The number of hydrogen-bond acceptors (Lipinski definition) is 0. The summed E-state index contributed by atoms with van der Waals surface area (Å²) in [5.74, 6) is 3.27. The van der Waals surface area contributed by atoms with Crippen LogP contribution in [-0.4, -0.2) is 0 Å². The van der Waals surface area contributed by atoms with E-state index in [1.807, 2.05) is 0 Å². The molecule has 0 heteroatoms. The third kappa shape index (κ3) is 3.81. The average Bonchev–Trinajstić information content (AvgIpc) is 2.65. The van der Waals surface area contributed by atoms with Crippen LogP contribution in [0.3, 0.4) is 0 Å². The Hall–Kier alpha value is 0. The van der Waals surface area contributed by atoms with E-state index in [0.717, 1.165) is 0 Å². The summed E-state index contributed by atoms with van der Waals surface area (Å²) in [5.41, 5.74) is 0. The molecule has 15 heavy (non-hydrogen) atoms. The van der Waals surface area contributed by atoms with Crippen LogP contribution in [0.5, 0.6) is 0 Å². The van der Waals surface area contributed by atoms with Crippen molar-refractivity contribution in [1.82, 2.24) is 0 Å². The molecule has 83 valence electrons. The molecule has 2 fully saturated rings. The van der Waals surface area contributed by atoms with Crippen molar-refractivity contribution >= 4 is 0 Å². The number of hydrogen-bond donors (Lipinski definition) is 0. The van der Waals surface area contributed by atoms with Gasteiger partial charge in [0.2, 0.25) is 0 Å². The van der Waals surface area contributed by atoms with Gasteiger partial charge in [-0.15, -0.1) is 0 Å². The van der Waals surface area contributed by atoms with E-state index in [1.165, 1.54) is 64.2 Å². The van der Waals surface area contributed by atoms with Gasteiger partial charge < -0.3 is 0 Å². The predicted octanol–water partition coefficient (Wildman–Crippen LogP) is 4.68. The van der Waals surface area contributed by atoms with Gasteiger partial charge >= 0.3 is 0 Å². The Morgan fingerprint density at radius 1 is 0.533 bits per heavy atom. The summed E-state index contributed by atoms with van der Waals surface area (Å²) in [4.78, 5) is 0. The Kier molecular flexibility index (Phi) is 5.02. The van der Waals surface area contributed by atoms with Gasteiger partial charge in [-0.1, -0.05) is 51.4 Å². The van der Waals surface area contributed by atoms with Gasteiger partial charge in [-0.25, -0.2) is 0 Å². The molecule has 2 aliphatic rings. The molecule has 0 aromatic heterocycles. The molecule has 2 saturated carbocycles. The first-order valence-corrected chi connectivity index (χ1v) is 6.70. The molecule has 0 aromatic carbocycles. The van der Waals surface area contributed by atoms with E-state index in [1.54, 1.807) is 11.8 Å². The summed E-state index contributed by atoms with van der Waals surface area (Å²) >= 11 is 0. The van der Waals surface area contributed by atoms with Crippen molar-refractivity contribution in [3.8, 4) is 0 Å². The largest absolute Gasteiger partial charge is 0.0533 e. The molecule has 0 N–H and O–H groups in total. The lowest BCUT2D eigenvalue weighted by molar-refractivity contribution is 0.542. The van der Waals surface area contributed by atoms with E-state index in [9.17, 15) is 0 Å². The third-order valence-electron chi connectivity index (χ3n) is 3.65. The molecule has 0 bridgehead atoms. The van der Waals surface area contributed by atoms with Crippen molar-refractivity contribution in [2.75, 3.05) is 0 Å². The summed E-state index contributed by atoms with van der Waals surface area (Å²) in [6, 6.07) is 0. The Morgan fingerprint density at radius 3 is 1.40 bits per heavy atom. The topological polar surface area (TPSA) is 0 Å². The third-order valence-corrected chi connectivity index (χ3v) is 3.65. The van der Waals surface area contributed by atoms with Gasteiger partial charge in [0.1, 0.15) is 0 Å². The highest BCUT2D eigenvalue weighted by atomic mass is 14.3. The molecule has 0 spiro atoms. The van der Waals surface area contributed by atoms with Crippen molar-refractivity contribution in [2.24, 2.45) is 0 Å². The van der Waals surface area contributed by atoms with Crippen LogP contribution in [0, 0.1) is 31.1 Å². The normalized spacial score (nSPS) is 28.0. The second-order valence-electron chi connectivity index (χ2n) is 4.90. The van der Waals surface area contributed by atoms with Crippen LogP contribution in [-0.2, 0) is 0 Å². The maximum absolute atomic E-state index is 2.33. The molecule has 5 radical (unpaired) electrons. The van der Waals surface area contributed by atoms with E-state index in [0.29, 0.717) is 0 Å². The lowest BCUT2D eigenvalue weighted by atomic mass is 9.86. The first-order chi connectivity index (χ1) is 7.47. The quantitative estimate of drug-likeness (QED) is 0.536. The summed E-state index contributed by atoms with van der Waals surface area (Å²) < 4.78 is 0. The molecular formula is C15H23. The van der Waals surface area contributed by atoms with Crippen LogP contribution in [0.4, 0.5) is 0 Å². The maximum atomic E-state index is 2.33. The Bertz CT molecular complexity index is 143. The zero-order valence-corrected chi connectivity index (χ0v) is 9.80. The maximum Gasteiger partial charge on any atom is -0.0133 e. The highest BCUT2D eigenvalue weighted by Gasteiger charge is 2.27. The number of fused-ring (bicyclic) bond motifs is 1. The molecule has 0 aliphatic heterocycles. The van der Waals surface area contributed by atoms with E-state index in [4.69, 9.17) is 0 Å². The Balaban J connectivity index is 1.77. The Labute approximate surface area is 95.8 Å². The Morgan fingerprint density at radius 2 is 0.933 bits per heavy atom. The lowest BCUT2D eigenvalue weighted by Gasteiger charge is -2.18. The van der Waals surface area contributed by atoms with Gasteiger partial charge in [-0.3, -0.25) is 0 Å². The molecule has 0 atom stereocenters. The lowest BCUT2D eigenvalue weighted by Crippen LogP contribution is -2.04. The molecule has 2 aliphatic carbocycles. The highest BCUT2D eigenvalue weighted by molar-refractivity contribution is 5.43. The predicted molar refractivity (Wildman–Crippen MR) is 65.6 cm³/mol.